The van der Waals surface area contributed by atoms with Crippen molar-refractivity contribution in [1.29, 1.82) is 0 Å². The van der Waals surface area contributed by atoms with Crippen LogP contribution in [0.15, 0.2) is 36.5 Å². The molecular weight excluding hydrogens is 450 g/mol. The minimum Gasteiger partial charge on any atom is -0.378 e. The van der Waals surface area contributed by atoms with Gasteiger partial charge in [-0.1, -0.05) is 18.7 Å². The molecule has 178 valence electrons. The highest BCUT2D eigenvalue weighted by Gasteiger charge is 2.40. The molecule has 35 heavy (non-hydrogen) atoms. The Morgan fingerprint density at radius 3 is 2.89 bits per heavy atom. The van der Waals surface area contributed by atoms with Crippen molar-refractivity contribution in [2.75, 3.05) is 44.9 Å². The van der Waals surface area contributed by atoms with Crippen LogP contribution in [0.1, 0.15) is 11.3 Å². The fourth-order valence-electron chi connectivity index (χ4n) is 4.61. The van der Waals surface area contributed by atoms with Gasteiger partial charge >= 0.3 is 0 Å². The smallest absolute Gasteiger partial charge is 0.270 e. The molecule has 2 aromatic heterocycles. The van der Waals surface area contributed by atoms with Gasteiger partial charge in [-0.15, -0.1) is 0 Å². The Kier molecular flexibility index (Phi) is 5.08. The Labute approximate surface area is 200 Å². The average Bonchev–Trinajstić information content (AvgIpc) is 3.50. The lowest BCUT2D eigenvalue weighted by atomic mass is 10.0. The number of aromatic nitrogens is 4. The summed E-state index contributed by atoms with van der Waals surface area (Å²) in [5.41, 5.74) is 3.96. The van der Waals surface area contributed by atoms with Gasteiger partial charge in [-0.2, -0.15) is 5.10 Å². The lowest BCUT2D eigenvalue weighted by Crippen LogP contribution is -2.63. The number of nitrogens with zero attached hydrogens (tertiary/aromatic N) is 5. The van der Waals surface area contributed by atoms with Gasteiger partial charge < -0.3 is 15.0 Å². The summed E-state index contributed by atoms with van der Waals surface area (Å²) in [5, 5.41) is 12.0. The van der Waals surface area contributed by atoms with Gasteiger partial charge in [0.05, 0.1) is 49.8 Å². The largest absolute Gasteiger partial charge is 0.378 e. The second kappa shape index (κ2) is 8.29. The fraction of sp³-hybridized carbons (Fsp3) is 0.292. The van der Waals surface area contributed by atoms with Crippen LogP contribution in [0.3, 0.4) is 0 Å². The number of H-pyrrole nitrogens is 1. The molecule has 6 rings (SSSR count). The number of β-lactam (4-membered cyclic amide) rings is 1. The van der Waals surface area contributed by atoms with Crippen molar-refractivity contribution in [2.45, 2.75) is 6.04 Å². The van der Waals surface area contributed by atoms with E-state index in [2.05, 4.69) is 27.0 Å². The number of fused-ring (bicyclic) bond motifs is 2. The normalized spacial score (nSPS) is 19.6. The Bertz CT molecular complexity index is 1410. The van der Waals surface area contributed by atoms with Crippen LogP contribution in [-0.2, 0) is 19.2 Å². The van der Waals surface area contributed by atoms with Crippen molar-refractivity contribution in [1.82, 2.24) is 30.5 Å². The zero-order chi connectivity index (χ0) is 24.1. The lowest BCUT2D eigenvalue weighted by molar-refractivity contribution is -0.202. The topological polar surface area (TPSA) is 126 Å². The van der Waals surface area contributed by atoms with E-state index in [1.807, 2.05) is 18.2 Å². The number of amides is 2. The molecule has 0 saturated carbocycles. The summed E-state index contributed by atoms with van der Waals surface area (Å²) in [4.78, 5) is 42.0. The molecule has 0 bridgehead atoms. The molecule has 0 radical (unpaired) electrons. The van der Waals surface area contributed by atoms with Crippen LogP contribution in [0.2, 0.25) is 0 Å². The molecule has 0 spiro atoms. The van der Waals surface area contributed by atoms with E-state index in [-0.39, 0.29) is 11.8 Å². The van der Waals surface area contributed by atoms with Crippen molar-refractivity contribution in [3.63, 3.8) is 0 Å². The van der Waals surface area contributed by atoms with Crippen molar-refractivity contribution >= 4 is 40.2 Å². The van der Waals surface area contributed by atoms with E-state index in [1.165, 1.54) is 12.2 Å². The molecule has 11 heteroatoms. The highest BCUT2D eigenvalue weighted by molar-refractivity contribution is 6.18. The Morgan fingerprint density at radius 1 is 1.29 bits per heavy atom. The molecule has 2 amide bonds. The molecule has 2 aliphatic heterocycles. The van der Waals surface area contributed by atoms with E-state index in [0.29, 0.717) is 61.3 Å². The maximum atomic E-state index is 13.1. The van der Waals surface area contributed by atoms with Crippen LogP contribution < -0.4 is 10.2 Å². The van der Waals surface area contributed by atoms with Gasteiger partial charge in [-0.05, 0) is 17.7 Å². The van der Waals surface area contributed by atoms with Crippen molar-refractivity contribution in [3.8, 4) is 11.4 Å². The van der Waals surface area contributed by atoms with E-state index in [9.17, 15) is 9.59 Å². The highest BCUT2D eigenvalue weighted by atomic mass is 16.7. The SMILES string of the molecule is C=C1C(C(=O)NC2CN(OC)C2=O)=Cc2nc(-c3cccc4[nH]ncc34)nc(N3CCOCC3)c21. The number of hydroxylamine groups is 2. The third kappa shape index (κ3) is 3.47. The predicted molar refractivity (Wildman–Crippen MR) is 128 cm³/mol. The molecule has 1 atom stereocenters. The molecular formula is C24H23N7O4. The summed E-state index contributed by atoms with van der Waals surface area (Å²) < 4.78 is 5.54. The van der Waals surface area contributed by atoms with Gasteiger partial charge in [0, 0.05) is 29.6 Å². The fourth-order valence-corrected chi connectivity index (χ4v) is 4.61. The van der Waals surface area contributed by atoms with Crippen molar-refractivity contribution in [2.24, 2.45) is 0 Å². The standard InChI is InChI=1S/C24H23N7O4/c1-13-15(23(32)27-19-12-31(34-2)24(19)33)10-18-20(13)22(30-6-8-35-9-7-30)28-21(26-18)14-4-3-5-17-16(14)11-25-29-17/h3-5,10-11,19H,1,6-9,12H2,2H3,(H,25,29)(H,27,32). The molecule has 1 aliphatic carbocycles. The molecule has 3 aromatic rings. The highest BCUT2D eigenvalue weighted by Crippen LogP contribution is 2.41. The summed E-state index contributed by atoms with van der Waals surface area (Å²) in [6.45, 7) is 6.98. The summed E-state index contributed by atoms with van der Waals surface area (Å²) in [5.74, 6) is 0.580. The number of morpholine rings is 1. The molecule has 2 fully saturated rings. The van der Waals surface area contributed by atoms with E-state index in [1.54, 1.807) is 12.3 Å². The van der Waals surface area contributed by atoms with Crippen LogP contribution >= 0.6 is 0 Å². The number of carbonyl (C=O) groups is 2. The number of benzene rings is 1. The number of nitrogens with one attached hydrogen (secondary N) is 2. The van der Waals surface area contributed by atoms with Crippen molar-refractivity contribution in [3.05, 3.63) is 47.8 Å². The number of rotatable bonds is 5. The number of hydrogen-bond acceptors (Lipinski definition) is 8. The van der Waals surface area contributed by atoms with Gasteiger partial charge in [0.25, 0.3) is 11.8 Å². The first-order valence-electron chi connectivity index (χ1n) is 11.3. The first kappa shape index (κ1) is 21.4. The van der Waals surface area contributed by atoms with Crippen LogP contribution in [-0.4, -0.2) is 83.0 Å². The van der Waals surface area contributed by atoms with Gasteiger partial charge in [0.1, 0.15) is 11.9 Å². The molecule has 11 nitrogen and oxygen atoms in total. The third-order valence-corrected chi connectivity index (χ3v) is 6.52. The predicted octanol–water partition coefficient (Wildman–Crippen LogP) is 1.16. The Hall–Kier alpha value is -4.09. The van der Waals surface area contributed by atoms with Gasteiger partial charge in [0.2, 0.25) is 0 Å². The molecule has 1 aromatic carbocycles. The third-order valence-electron chi connectivity index (χ3n) is 6.52. The number of hydrogen-bond donors (Lipinski definition) is 2. The average molecular weight is 473 g/mol. The van der Waals surface area contributed by atoms with Gasteiger partial charge in [-0.3, -0.25) is 19.5 Å². The summed E-state index contributed by atoms with van der Waals surface area (Å²) in [6, 6.07) is 5.19. The molecule has 3 aliphatic rings. The summed E-state index contributed by atoms with van der Waals surface area (Å²) >= 11 is 0. The van der Waals surface area contributed by atoms with Crippen LogP contribution in [0.25, 0.3) is 33.9 Å². The van der Waals surface area contributed by atoms with Crippen LogP contribution in [0.4, 0.5) is 5.82 Å². The number of ether oxygens (including phenoxy) is 1. The zero-order valence-electron chi connectivity index (χ0n) is 19.1. The van der Waals surface area contributed by atoms with E-state index in [0.717, 1.165) is 22.0 Å². The molecule has 1 unspecified atom stereocenters. The van der Waals surface area contributed by atoms with Gasteiger partial charge in [-0.25, -0.2) is 15.0 Å². The Balaban J connectivity index is 1.40. The maximum Gasteiger partial charge on any atom is 0.270 e. The first-order valence-corrected chi connectivity index (χ1v) is 11.3. The number of carbonyl (C=O) groups excluding carboxylic acids is 2. The lowest BCUT2D eigenvalue weighted by Gasteiger charge is -2.36. The minimum atomic E-state index is -0.626. The van der Waals surface area contributed by atoms with E-state index < -0.39 is 6.04 Å². The van der Waals surface area contributed by atoms with E-state index in [4.69, 9.17) is 19.5 Å². The second-order valence-corrected chi connectivity index (χ2v) is 8.51. The van der Waals surface area contributed by atoms with E-state index >= 15 is 0 Å². The number of anilines is 1. The summed E-state index contributed by atoms with van der Waals surface area (Å²) in [7, 11) is 1.42. The second-order valence-electron chi connectivity index (χ2n) is 8.51. The Morgan fingerprint density at radius 2 is 2.11 bits per heavy atom. The van der Waals surface area contributed by atoms with Gasteiger partial charge in [0.15, 0.2) is 5.82 Å². The summed E-state index contributed by atoms with van der Waals surface area (Å²) in [6.07, 6.45) is 3.47. The van der Waals surface area contributed by atoms with Crippen molar-refractivity contribution < 1.29 is 19.2 Å². The first-order chi connectivity index (χ1) is 17.0. The zero-order valence-corrected chi connectivity index (χ0v) is 19.1. The maximum absolute atomic E-state index is 13.1. The number of aromatic amines is 1. The minimum absolute atomic E-state index is 0.285. The quantitative estimate of drug-likeness (QED) is 0.529. The van der Waals surface area contributed by atoms with Crippen LogP contribution in [0.5, 0.6) is 0 Å². The monoisotopic (exact) mass is 473 g/mol. The molecule has 4 heterocycles. The molecule has 2 saturated heterocycles. The van der Waals surface area contributed by atoms with Crippen LogP contribution in [0, 0.1) is 0 Å². The molecule has 2 N–H and O–H groups in total.